The van der Waals surface area contributed by atoms with Gasteiger partial charge < -0.3 is 5.32 Å². The summed E-state index contributed by atoms with van der Waals surface area (Å²) in [5.74, 6) is 0.409. The van der Waals surface area contributed by atoms with E-state index >= 15 is 0 Å². The Kier molecular flexibility index (Phi) is 5.41. The van der Waals surface area contributed by atoms with Crippen LogP contribution in [0.1, 0.15) is 60.0 Å². The highest BCUT2D eigenvalue weighted by Crippen LogP contribution is 2.45. The zero-order valence-corrected chi connectivity index (χ0v) is 16.9. The summed E-state index contributed by atoms with van der Waals surface area (Å²) in [5.41, 5.74) is 2.60. The molecule has 26 heavy (non-hydrogen) atoms. The number of benzene rings is 1. The van der Waals surface area contributed by atoms with Crippen LogP contribution >= 0.6 is 22.9 Å². The molecule has 5 heteroatoms. The minimum atomic E-state index is -0.206. The molecule has 2 aromatic rings. The number of nitrogens with zero attached hydrogens (tertiary/aromatic N) is 1. The molecular weight excluding hydrogens is 364 g/mol. The van der Waals surface area contributed by atoms with E-state index in [0.29, 0.717) is 32.5 Å². The monoisotopic (exact) mass is 386 g/mol. The van der Waals surface area contributed by atoms with Crippen molar-refractivity contribution in [1.82, 2.24) is 0 Å². The third kappa shape index (κ3) is 3.65. The third-order valence-corrected chi connectivity index (χ3v) is 7.15. The van der Waals surface area contributed by atoms with E-state index in [9.17, 15) is 10.1 Å². The maximum atomic E-state index is 12.5. The summed E-state index contributed by atoms with van der Waals surface area (Å²) in [5, 5.41) is 13.8. The van der Waals surface area contributed by atoms with Gasteiger partial charge in [0.1, 0.15) is 11.1 Å². The standard InChI is InChI=1S/C21H23ClN2OS/c1-4-21(2,3)14-7-10-16-17(12-23)20(26-18(16)11-14)24-19(25)13-5-8-15(22)9-6-13/h5-6,8-9,14H,4,7,10-11H2,1-3H3,(H,24,25). The summed E-state index contributed by atoms with van der Waals surface area (Å²) >= 11 is 7.45. The lowest BCUT2D eigenvalue weighted by Crippen LogP contribution is -2.28. The van der Waals surface area contributed by atoms with E-state index < -0.39 is 0 Å². The second kappa shape index (κ2) is 7.42. The first kappa shape index (κ1) is 18.9. The van der Waals surface area contributed by atoms with Crippen LogP contribution in [0.25, 0.3) is 0 Å². The van der Waals surface area contributed by atoms with Crippen LogP contribution in [0.3, 0.4) is 0 Å². The molecule has 1 N–H and O–H groups in total. The molecule has 1 aliphatic rings. The predicted molar refractivity (Wildman–Crippen MR) is 108 cm³/mol. The fraction of sp³-hybridized carbons (Fsp3) is 0.429. The average Bonchev–Trinajstić information content (AvgIpc) is 2.98. The molecule has 0 fully saturated rings. The Labute approximate surface area is 164 Å². The van der Waals surface area contributed by atoms with Crippen molar-refractivity contribution < 1.29 is 4.79 Å². The van der Waals surface area contributed by atoms with E-state index in [1.807, 2.05) is 0 Å². The highest BCUT2D eigenvalue weighted by molar-refractivity contribution is 7.16. The van der Waals surface area contributed by atoms with Gasteiger partial charge in [0, 0.05) is 15.5 Å². The number of amides is 1. The first-order valence-electron chi connectivity index (χ1n) is 8.97. The molecule has 0 bridgehead atoms. The number of rotatable bonds is 4. The number of hydrogen-bond acceptors (Lipinski definition) is 3. The average molecular weight is 387 g/mol. The van der Waals surface area contributed by atoms with Crippen molar-refractivity contribution in [2.24, 2.45) is 11.3 Å². The summed E-state index contributed by atoms with van der Waals surface area (Å²) in [6.07, 6.45) is 4.15. The Hall–Kier alpha value is -1.83. The molecule has 1 amide bonds. The van der Waals surface area contributed by atoms with Crippen molar-refractivity contribution in [1.29, 1.82) is 5.26 Å². The normalized spacial score (nSPS) is 16.7. The van der Waals surface area contributed by atoms with Crippen LogP contribution in [0.5, 0.6) is 0 Å². The second-order valence-corrected chi connectivity index (χ2v) is 9.10. The third-order valence-electron chi connectivity index (χ3n) is 5.73. The lowest BCUT2D eigenvalue weighted by molar-refractivity contribution is 0.102. The van der Waals surface area contributed by atoms with Gasteiger partial charge >= 0.3 is 0 Å². The Morgan fingerprint density at radius 1 is 1.38 bits per heavy atom. The number of nitriles is 1. The fourth-order valence-electron chi connectivity index (χ4n) is 3.52. The number of nitrogens with one attached hydrogen (secondary N) is 1. The van der Waals surface area contributed by atoms with E-state index in [0.717, 1.165) is 31.2 Å². The molecule has 0 aliphatic heterocycles. The van der Waals surface area contributed by atoms with Crippen LogP contribution in [-0.2, 0) is 12.8 Å². The molecule has 0 spiro atoms. The number of halogens is 1. The van der Waals surface area contributed by atoms with Crippen molar-refractivity contribution in [2.75, 3.05) is 5.32 Å². The molecule has 0 saturated carbocycles. The van der Waals surface area contributed by atoms with Crippen LogP contribution in [-0.4, -0.2) is 5.91 Å². The largest absolute Gasteiger partial charge is 0.312 e. The molecule has 1 aromatic heterocycles. The fourth-order valence-corrected chi connectivity index (χ4v) is 4.92. The van der Waals surface area contributed by atoms with Crippen LogP contribution in [0.4, 0.5) is 5.00 Å². The second-order valence-electron chi connectivity index (χ2n) is 7.56. The summed E-state index contributed by atoms with van der Waals surface area (Å²) in [4.78, 5) is 13.8. The number of thiophene rings is 1. The quantitative estimate of drug-likeness (QED) is 0.693. The minimum Gasteiger partial charge on any atom is -0.312 e. The zero-order valence-electron chi connectivity index (χ0n) is 15.4. The Bertz CT molecular complexity index is 861. The van der Waals surface area contributed by atoms with Crippen LogP contribution in [0.2, 0.25) is 5.02 Å². The van der Waals surface area contributed by atoms with Crippen molar-refractivity contribution in [2.45, 2.75) is 46.5 Å². The molecule has 0 radical (unpaired) electrons. The molecule has 0 saturated heterocycles. The number of carbonyl (C=O) groups excluding carboxylic acids is 1. The van der Waals surface area contributed by atoms with Crippen molar-refractivity contribution in [3.05, 3.63) is 50.9 Å². The van der Waals surface area contributed by atoms with E-state index in [-0.39, 0.29) is 5.91 Å². The van der Waals surface area contributed by atoms with Gasteiger partial charge in [0.25, 0.3) is 5.91 Å². The molecule has 1 unspecified atom stereocenters. The maximum absolute atomic E-state index is 12.5. The lowest BCUT2D eigenvalue weighted by Gasteiger charge is -2.36. The predicted octanol–water partition coefficient (Wildman–Crippen LogP) is 6.07. The van der Waals surface area contributed by atoms with Crippen molar-refractivity contribution in [3.63, 3.8) is 0 Å². The van der Waals surface area contributed by atoms with Crippen molar-refractivity contribution in [3.8, 4) is 6.07 Å². The van der Waals surface area contributed by atoms with Gasteiger partial charge in [0.15, 0.2) is 0 Å². The topological polar surface area (TPSA) is 52.9 Å². The van der Waals surface area contributed by atoms with Crippen LogP contribution in [0.15, 0.2) is 24.3 Å². The lowest BCUT2D eigenvalue weighted by atomic mass is 9.69. The van der Waals surface area contributed by atoms with Gasteiger partial charge in [0.05, 0.1) is 5.56 Å². The van der Waals surface area contributed by atoms with Gasteiger partial charge in [0.2, 0.25) is 0 Å². The van der Waals surface area contributed by atoms with Crippen LogP contribution in [0, 0.1) is 22.7 Å². The molecular formula is C21H23ClN2OS. The van der Waals surface area contributed by atoms with Crippen LogP contribution < -0.4 is 5.32 Å². The molecule has 1 aromatic carbocycles. The highest BCUT2D eigenvalue weighted by Gasteiger charge is 2.34. The summed E-state index contributed by atoms with van der Waals surface area (Å²) in [6, 6.07) is 9.08. The Balaban J connectivity index is 1.85. The van der Waals surface area contributed by atoms with Gasteiger partial charge in [-0.15, -0.1) is 11.3 Å². The first-order valence-corrected chi connectivity index (χ1v) is 10.2. The van der Waals surface area contributed by atoms with E-state index in [1.165, 1.54) is 4.88 Å². The molecule has 1 heterocycles. The maximum Gasteiger partial charge on any atom is 0.256 e. The summed E-state index contributed by atoms with van der Waals surface area (Å²) < 4.78 is 0. The number of anilines is 1. The van der Waals surface area contributed by atoms with Gasteiger partial charge in [-0.25, -0.2) is 0 Å². The summed E-state index contributed by atoms with van der Waals surface area (Å²) in [6.45, 7) is 6.89. The first-order chi connectivity index (χ1) is 12.4. The Morgan fingerprint density at radius 3 is 2.69 bits per heavy atom. The molecule has 3 nitrogen and oxygen atoms in total. The number of carbonyl (C=O) groups is 1. The van der Waals surface area contributed by atoms with Gasteiger partial charge in [-0.3, -0.25) is 4.79 Å². The Morgan fingerprint density at radius 2 is 2.08 bits per heavy atom. The van der Waals surface area contributed by atoms with E-state index in [1.54, 1.807) is 35.6 Å². The molecule has 3 rings (SSSR count). The van der Waals surface area contributed by atoms with Gasteiger partial charge in [-0.2, -0.15) is 5.26 Å². The van der Waals surface area contributed by atoms with Crippen molar-refractivity contribution >= 4 is 33.8 Å². The highest BCUT2D eigenvalue weighted by atomic mass is 35.5. The smallest absolute Gasteiger partial charge is 0.256 e. The van der Waals surface area contributed by atoms with E-state index in [2.05, 4.69) is 32.2 Å². The van der Waals surface area contributed by atoms with Gasteiger partial charge in [-0.1, -0.05) is 38.8 Å². The minimum absolute atomic E-state index is 0.206. The molecule has 1 aliphatic carbocycles. The summed E-state index contributed by atoms with van der Waals surface area (Å²) in [7, 11) is 0. The molecule has 136 valence electrons. The molecule has 1 atom stereocenters. The zero-order chi connectivity index (χ0) is 18.9. The van der Waals surface area contributed by atoms with E-state index in [4.69, 9.17) is 11.6 Å². The number of fused-ring (bicyclic) bond motifs is 1. The SMILES string of the molecule is CCC(C)(C)C1CCc2c(sc(NC(=O)c3ccc(Cl)cc3)c2C#N)C1. The number of hydrogen-bond donors (Lipinski definition) is 1. The van der Waals surface area contributed by atoms with Gasteiger partial charge in [-0.05, 0) is 60.4 Å².